The number of carboxylic acid groups (broad SMARTS) is 1. The Bertz CT molecular complexity index is 1600. The van der Waals surface area contributed by atoms with Crippen molar-refractivity contribution in [1.29, 1.82) is 0 Å². The van der Waals surface area contributed by atoms with E-state index < -0.39 is 17.4 Å². The molecule has 42 heavy (non-hydrogen) atoms. The van der Waals surface area contributed by atoms with Gasteiger partial charge in [-0.2, -0.15) is 0 Å². The highest BCUT2D eigenvalue weighted by atomic mass is 16.4. The molecule has 0 spiro atoms. The third-order valence-electron chi connectivity index (χ3n) is 7.14. The number of carbonyl (C=O) groups excluding carboxylic acids is 1. The number of nitrogens with zero attached hydrogens (tertiary/aromatic N) is 2. The largest absolute Gasteiger partial charge is 0.481 e. The van der Waals surface area contributed by atoms with Crippen LogP contribution in [0.5, 0.6) is 0 Å². The second-order valence-electron chi connectivity index (χ2n) is 10.1. The Morgan fingerprint density at radius 2 is 1.29 bits per heavy atom. The fourth-order valence-corrected chi connectivity index (χ4v) is 5.01. The van der Waals surface area contributed by atoms with Crippen LogP contribution in [0.2, 0.25) is 0 Å². The molecule has 2 N–H and O–H groups in total. The number of carbonyl (C=O) groups is 2. The van der Waals surface area contributed by atoms with Crippen LogP contribution in [0.15, 0.2) is 145 Å². The molecule has 5 aromatic rings. The Balaban J connectivity index is 1.58. The summed E-state index contributed by atoms with van der Waals surface area (Å²) in [7, 11) is 0. The Kier molecular flexibility index (Phi) is 8.94. The average Bonchev–Trinajstić information content (AvgIpc) is 3.03. The minimum atomic E-state index is -1.32. The summed E-state index contributed by atoms with van der Waals surface area (Å²) in [5.74, 6) is -1.30. The topological polar surface area (TPSA) is 91.7 Å². The molecular weight excluding hydrogens is 522 g/mol. The van der Waals surface area contributed by atoms with E-state index in [1.54, 1.807) is 30.6 Å². The number of benzene rings is 4. The molecule has 1 unspecified atom stereocenters. The number of carboxylic acids is 1. The first-order chi connectivity index (χ1) is 20.5. The quantitative estimate of drug-likeness (QED) is 0.172. The molecule has 1 aromatic heterocycles. The summed E-state index contributed by atoms with van der Waals surface area (Å²) in [6, 6.07) is 40.9. The molecule has 0 aliphatic heterocycles. The highest BCUT2D eigenvalue weighted by Crippen LogP contribution is 2.34. The van der Waals surface area contributed by atoms with Crippen molar-refractivity contribution < 1.29 is 14.7 Å². The predicted molar refractivity (Wildman–Crippen MR) is 166 cm³/mol. The standard InChI is InChI=1S/C36H31N3O3/c40-34(32-22-12-13-23-37-32)39-31-21-11-10-20-30(31)33(29-18-8-3-9-19-29)38-26-36(35(41)42,24-27-14-4-1-5-15-27)25-28-16-6-2-7-17-28/h1-23,26,33H,24-25H2,(H,39,40)(H,41,42). The number of aromatic nitrogens is 1. The van der Waals surface area contributed by atoms with Crippen LogP contribution in [-0.4, -0.2) is 28.2 Å². The SMILES string of the molecule is O=C(Nc1ccccc1C(N=CC(Cc1ccccc1)(Cc1ccccc1)C(=O)O)c1ccccc1)c1ccccn1. The average molecular weight is 554 g/mol. The molecule has 0 aliphatic carbocycles. The van der Waals surface area contributed by atoms with Crippen molar-refractivity contribution in [2.45, 2.75) is 18.9 Å². The molecule has 1 heterocycles. The van der Waals surface area contributed by atoms with E-state index in [0.717, 1.165) is 22.3 Å². The summed E-state index contributed by atoms with van der Waals surface area (Å²) in [6.07, 6.45) is 3.70. The van der Waals surface area contributed by atoms with Crippen molar-refractivity contribution in [1.82, 2.24) is 4.98 Å². The molecule has 1 atom stereocenters. The molecule has 0 aliphatic rings. The summed E-state index contributed by atoms with van der Waals surface area (Å²) >= 11 is 0. The van der Waals surface area contributed by atoms with E-state index in [4.69, 9.17) is 4.99 Å². The van der Waals surface area contributed by atoms with Gasteiger partial charge in [-0.05, 0) is 47.7 Å². The number of aliphatic imine (C=N–C) groups is 1. The normalized spacial score (nSPS) is 12.1. The third-order valence-corrected chi connectivity index (χ3v) is 7.14. The van der Waals surface area contributed by atoms with Gasteiger partial charge in [-0.1, -0.05) is 115 Å². The van der Waals surface area contributed by atoms with E-state index in [2.05, 4.69) is 10.3 Å². The lowest BCUT2D eigenvalue weighted by atomic mass is 9.77. The number of amides is 1. The molecule has 0 saturated carbocycles. The molecule has 1 amide bonds. The second-order valence-corrected chi connectivity index (χ2v) is 10.1. The molecule has 6 heteroatoms. The molecule has 208 valence electrons. The zero-order valence-corrected chi connectivity index (χ0v) is 23.0. The summed E-state index contributed by atoms with van der Waals surface area (Å²) in [4.78, 5) is 35.4. The monoisotopic (exact) mass is 553 g/mol. The van der Waals surface area contributed by atoms with Gasteiger partial charge in [0.2, 0.25) is 0 Å². The van der Waals surface area contributed by atoms with E-state index in [-0.39, 0.29) is 18.7 Å². The van der Waals surface area contributed by atoms with Crippen molar-refractivity contribution in [3.8, 4) is 0 Å². The van der Waals surface area contributed by atoms with E-state index in [1.807, 2.05) is 115 Å². The van der Waals surface area contributed by atoms with Gasteiger partial charge in [-0.25, -0.2) is 0 Å². The number of hydrogen-bond acceptors (Lipinski definition) is 4. The van der Waals surface area contributed by atoms with E-state index in [0.29, 0.717) is 11.4 Å². The van der Waals surface area contributed by atoms with Crippen molar-refractivity contribution in [2.24, 2.45) is 10.4 Å². The van der Waals surface area contributed by atoms with Gasteiger partial charge in [-0.15, -0.1) is 0 Å². The lowest BCUT2D eigenvalue weighted by Gasteiger charge is -2.27. The maximum Gasteiger partial charge on any atom is 0.315 e. The van der Waals surface area contributed by atoms with Gasteiger partial charge in [0.05, 0.1) is 0 Å². The van der Waals surface area contributed by atoms with Gasteiger partial charge in [0.25, 0.3) is 5.91 Å². The number of hydrogen-bond donors (Lipinski definition) is 2. The fraction of sp³-hybridized carbons (Fsp3) is 0.111. The number of anilines is 1. The predicted octanol–water partition coefficient (Wildman–Crippen LogP) is 7.05. The maximum atomic E-state index is 13.1. The van der Waals surface area contributed by atoms with Crippen LogP contribution in [0.25, 0.3) is 0 Å². The molecule has 4 aromatic carbocycles. The van der Waals surface area contributed by atoms with Crippen LogP contribution in [-0.2, 0) is 17.6 Å². The van der Waals surface area contributed by atoms with Crippen LogP contribution >= 0.6 is 0 Å². The molecule has 0 bridgehead atoms. The zero-order valence-electron chi connectivity index (χ0n) is 23.0. The summed E-state index contributed by atoms with van der Waals surface area (Å²) < 4.78 is 0. The van der Waals surface area contributed by atoms with E-state index >= 15 is 0 Å². The molecular formula is C36H31N3O3. The maximum absolute atomic E-state index is 13.1. The Morgan fingerprint density at radius 3 is 1.86 bits per heavy atom. The van der Waals surface area contributed by atoms with Gasteiger partial charge in [0.15, 0.2) is 0 Å². The lowest BCUT2D eigenvalue weighted by molar-refractivity contribution is -0.144. The number of pyridine rings is 1. The smallest absolute Gasteiger partial charge is 0.315 e. The van der Waals surface area contributed by atoms with Crippen molar-refractivity contribution in [3.63, 3.8) is 0 Å². The number of para-hydroxylation sites is 1. The van der Waals surface area contributed by atoms with E-state index in [1.165, 1.54) is 0 Å². The summed E-state index contributed by atoms with van der Waals surface area (Å²) in [5, 5.41) is 13.7. The van der Waals surface area contributed by atoms with Gasteiger partial charge in [0, 0.05) is 23.7 Å². The van der Waals surface area contributed by atoms with Crippen LogP contribution in [0, 0.1) is 5.41 Å². The molecule has 5 rings (SSSR count). The van der Waals surface area contributed by atoms with E-state index in [9.17, 15) is 14.7 Å². The Morgan fingerprint density at radius 1 is 0.738 bits per heavy atom. The number of aliphatic carboxylic acids is 1. The Hall–Kier alpha value is -5.36. The van der Waals surface area contributed by atoms with Crippen LogP contribution in [0.1, 0.15) is 38.8 Å². The van der Waals surface area contributed by atoms with Crippen molar-refractivity contribution in [3.05, 3.63) is 168 Å². The fourth-order valence-electron chi connectivity index (χ4n) is 5.01. The molecule has 0 saturated heterocycles. The van der Waals surface area contributed by atoms with Crippen LogP contribution < -0.4 is 5.32 Å². The zero-order chi connectivity index (χ0) is 29.2. The lowest BCUT2D eigenvalue weighted by Crippen LogP contribution is -2.37. The Labute approximate surface area is 245 Å². The highest BCUT2D eigenvalue weighted by Gasteiger charge is 2.38. The first kappa shape index (κ1) is 28.2. The van der Waals surface area contributed by atoms with Crippen molar-refractivity contribution in [2.75, 3.05) is 5.32 Å². The highest BCUT2D eigenvalue weighted by molar-refractivity contribution is 6.03. The first-order valence-electron chi connectivity index (χ1n) is 13.8. The molecule has 6 nitrogen and oxygen atoms in total. The summed E-state index contributed by atoms with van der Waals surface area (Å²) in [5.41, 5.74) is 2.97. The van der Waals surface area contributed by atoms with Crippen LogP contribution in [0.3, 0.4) is 0 Å². The van der Waals surface area contributed by atoms with Gasteiger partial charge in [0.1, 0.15) is 17.2 Å². The van der Waals surface area contributed by atoms with Crippen molar-refractivity contribution >= 4 is 23.8 Å². The molecule has 0 radical (unpaired) electrons. The summed E-state index contributed by atoms with van der Waals surface area (Å²) in [6.45, 7) is 0. The molecule has 0 fully saturated rings. The van der Waals surface area contributed by atoms with Gasteiger partial charge >= 0.3 is 5.97 Å². The third kappa shape index (κ3) is 6.85. The van der Waals surface area contributed by atoms with Crippen LogP contribution in [0.4, 0.5) is 5.69 Å². The number of nitrogens with one attached hydrogen (secondary N) is 1. The van der Waals surface area contributed by atoms with Gasteiger partial charge < -0.3 is 10.4 Å². The van der Waals surface area contributed by atoms with Gasteiger partial charge in [-0.3, -0.25) is 19.6 Å². The minimum absolute atomic E-state index is 0.265. The first-order valence-corrected chi connectivity index (χ1v) is 13.8. The second kappa shape index (κ2) is 13.3. The number of rotatable bonds is 11. The minimum Gasteiger partial charge on any atom is -0.481 e.